The van der Waals surface area contributed by atoms with Crippen LogP contribution in [0.5, 0.6) is 23.0 Å². The fourth-order valence-electron chi connectivity index (χ4n) is 10.4. The zero-order valence-corrected chi connectivity index (χ0v) is 57.1. The first-order chi connectivity index (χ1) is 35.1. The van der Waals surface area contributed by atoms with Crippen molar-refractivity contribution in [3.8, 4) is 23.0 Å². The number of hydrogen-bond acceptors (Lipinski definition) is 4. The molecule has 6 heteroatoms. The van der Waals surface area contributed by atoms with Crippen LogP contribution in [0.4, 0.5) is 0 Å². The number of aromatic hydroxyl groups is 4. The molecule has 0 saturated heterocycles. The Balaban J connectivity index is 0. The van der Waals surface area contributed by atoms with Crippen LogP contribution in [-0.4, -0.2) is 20.4 Å². The summed E-state index contributed by atoms with van der Waals surface area (Å²) in [5, 5.41) is 42.2. The molecular weight excluding hydrogens is 1070 g/mol. The second kappa shape index (κ2) is 34.0. The Hall–Kier alpha value is -3.95. The molecule has 2 aliphatic carbocycles. The maximum atomic E-state index is 10.7. The van der Waals surface area contributed by atoms with Gasteiger partial charge in [-0.1, -0.05) is 192 Å². The molecule has 2 saturated carbocycles. The minimum atomic E-state index is -0.0183. The Kier molecular flexibility index (Phi) is 33.2. The van der Waals surface area contributed by atoms with Gasteiger partial charge < -0.3 is 35.3 Å². The second-order valence-electron chi connectivity index (χ2n) is 27.0. The van der Waals surface area contributed by atoms with E-state index in [-0.39, 0.29) is 70.1 Å². The van der Waals surface area contributed by atoms with Gasteiger partial charge in [0.1, 0.15) is 23.0 Å². The van der Waals surface area contributed by atoms with Gasteiger partial charge in [0.15, 0.2) is 0 Å². The normalized spacial score (nSPS) is 13.7. The molecule has 454 valence electrons. The summed E-state index contributed by atoms with van der Waals surface area (Å²) in [7, 11) is 0. The van der Waals surface area contributed by atoms with Gasteiger partial charge in [0.25, 0.3) is 0 Å². The Morgan fingerprint density at radius 2 is 0.650 bits per heavy atom. The summed E-state index contributed by atoms with van der Waals surface area (Å²) >= 11 is 0. The van der Waals surface area contributed by atoms with Gasteiger partial charge in [-0.15, -0.1) is 0 Å². The van der Waals surface area contributed by atoms with E-state index in [9.17, 15) is 20.4 Å². The first-order valence-electron chi connectivity index (χ1n) is 29.2. The molecule has 4 nitrogen and oxygen atoms in total. The van der Waals surface area contributed by atoms with Gasteiger partial charge in [-0.3, -0.25) is 0 Å². The number of phenolic OH excluding ortho intramolecular Hbond substituents is 4. The van der Waals surface area contributed by atoms with Crippen LogP contribution in [-0.2, 0) is 55.2 Å². The third kappa shape index (κ3) is 23.4. The van der Waals surface area contributed by atoms with Crippen LogP contribution >= 0.6 is 0 Å². The van der Waals surface area contributed by atoms with Gasteiger partial charge in [-0.25, -0.2) is 0 Å². The van der Waals surface area contributed by atoms with Crippen LogP contribution in [0.3, 0.4) is 0 Å². The molecule has 4 aromatic rings. The predicted molar refractivity (Wildman–Crippen MR) is 348 cm³/mol. The van der Waals surface area contributed by atoms with E-state index in [4.69, 9.17) is 0 Å². The fraction of sp³-hybridized carbons (Fsp3) is 0.541. The average molecular weight is 1190 g/mol. The van der Waals surface area contributed by atoms with Crippen LogP contribution in [0.25, 0.3) is 24.3 Å². The molecule has 0 heterocycles. The van der Waals surface area contributed by atoms with E-state index in [2.05, 4.69) is 225 Å². The van der Waals surface area contributed by atoms with E-state index in [1.54, 1.807) is 0 Å². The average Bonchev–Trinajstić information content (AvgIpc) is 3.32. The molecule has 4 N–H and O–H groups in total. The summed E-state index contributed by atoms with van der Waals surface area (Å²) in [5.74, 6) is 3.01. The van der Waals surface area contributed by atoms with Crippen molar-refractivity contribution < 1.29 is 54.0 Å². The number of phenols is 4. The number of hydrogen-bond donors (Lipinski definition) is 4. The van der Waals surface area contributed by atoms with E-state index in [0.717, 1.165) is 46.2 Å². The van der Waals surface area contributed by atoms with Gasteiger partial charge in [0.05, 0.1) is 0 Å². The van der Waals surface area contributed by atoms with Crippen molar-refractivity contribution in [1.82, 2.24) is 0 Å². The standard InChI is InChI=1S/2C19H30O.2C17H24O.2CH3.2Co/c2*1-9-19(7,8)16-12-15(18(4,5)6)11-14(17(16)20)10-13(2)3;2*1-12(2)9-15-10-13(3)11-16(17(15)18)14-7-5-4-6-8-14;;;;/h2*10-12,20H,9H2,1-8H3;2*9-11,14,18H,4-8H2,1-3H3;2*1H3;;/q;;;;2*-1;;. The van der Waals surface area contributed by atoms with Crippen molar-refractivity contribution in [3.05, 3.63) is 152 Å². The molecule has 2 aliphatic rings. The molecule has 0 spiro atoms. The monoisotopic (exact) mass is 1180 g/mol. The molecule has 2 radical (unpaired) electrons. The summed E-state index contributed by atoms with van der Waals surface area (Å²) in [5.41, 5.74) is 18.3. The van der Waals surface area contributed by atoms with Crippen molar-refractivity contribution >= 4 is 24.3 Å². The molecule has 0 unspecified atom stereocenters. The second-order valence-corrected chi connectivity index (χ2v) is 27.0. The van der Waals surface area contributed by atoms with Crippen LogP contribution in [0.15, 0.2) is 70.8 Å². The summed E-state index contributed by atoms with van der Waals surface area (Å²) in [4.78, 5) is 0. The van der Waals surface area contributed by atoms with Crippen molar-refractivity contribution in [2.24, 2.45) is 0 Å². The first-order valence-corrected chi connectivity index (χ1v) is 29.2. The van der Waals surface area contributed by atoms with E-state index < -0.39 is 0 Å². The Morgan fingerprint density at radius 3 is 0.875 bits per heavy atom. The Bertz CT molecular complexity index is 2480. The van der Waals surface area contributed by atoms with Gasteiger partial charge in [0.2, 0.25) is 0 Å². The number of allylic oxidation sites excluding steroid dienone is 4. The van der Waals surface area contributed by atoms with E-state index >= 15 is 0 Å². The maximum Gasteiger partial charge on any atom is 0.126 e. The minimum Gasteiger partial charge on any atom is -0.507 e. The summed E-state index contributed by atoms with van der Waals surface area (Å²) in [6, 6.07) is 17.1. The van der Waals surface area contributed by atoms with Gasteiger partial charge in [0, 0.05) is 66.9 Å². The van der Waals surface area contributed by atoms with E-state index in [1.807, 2.05) is 0 Å². The summed E-state index contributed by atoms with van der Waals surface area (Å²) < 4.78 is 0. The molecule has 2 fully saturated rings. The molecule has 6 rings (SSSR count). The zero-order chi connectivity index (χ0) is 57.7. The minimum absolute atomic E-state index is 0. The van der Waals surface area contributed by atoms with Crippen LogP contribution in [0.2, 0.25) is 0 Å². The van der Waals surface area contributed by atoms with Gasteiger partial charge in [-0.05, 0) is 199 Å². The topological polar surface area (TPSA) is 80.9 Å². The van der Waals surface area contributed by atoms with Crippen LogP contribution < -0.4 is 0 Å². The third-order valence-corrected chi connectivity index (χ3v) is 15.7. The summed E-state index contributed by atoms with van der Waals surface area (Å²) in [6.45, 7) is 47.2. The number of aryl methyl sites for hydroxylation is 2. The largest absolute Gasteiger partial charge is 0.507 e. The smallest absolute Gasteiger partial charge is 0.126 e. The van der Waals surface area contributed by atoms with Crippen LogP contribution in [0.1, 0.15) is 294 Å². The van der Waals surface area contributed by atoms with Crippen molar-refractivity contribution in [3.63, 3.8) is 0 Å². The predicted octanol–water partition coefficient (Wildman–Crippen LogP) is 22.8. The number of rotatable bonds is 10. The van der Waals surface area contributed by atoms with Crippen molar-refractivity contribution in [1.29, 1.82) is 0 Å². The number of benzene rings is 4. The zero-order valence-electron chi connectivity index (χ0n) is 55.0. The molecule has 4 aromatic carbocycles. The first kappa shape index (κ1) is 78.1. The van der Waals surface area contributed by atoms with E-state index in [1.165, 1.54) is 120 Å². The molecule has 0 atom stereocenters. The van der Waals surface area contributed by atoms with E-state index in [0.29, 0.717) is 34.8 Å². The molecule has 80 heavy (non-hydrogen) atoms. The third-order valence-electron chi connectivity index (χ3n) is 15.7. The van der Waals surface area contributed by atoms with Gasteiger partial charge in [-0.2, -0.15) is 0 Å². The van der Waals surface area contributed by atoms with Crippen molar-refractivity contribution in [2.75, 3.05) is 0 Å². The molecule has 0 bridgehead atoms. The Labute approximate surface area is 513 Å². The molecule has 0 aliphatic heterocycles. The van der Waals surface area contributed by atoms with Gasteiger partial charge >= 0.3 is 0 Å². The quantitative estimate of drug-likeness (QED) is 0.119. The maximum absolute atomic E-state index is 10.7. The fourth-order valence-corrected chi connectivity index (χ4v) is 10.4. The molecule has 0 amide bonds. The molecule has 0 aromatic heterocycles. The van der Waals surface area contributed by atoms with Crippen molar-refractivity contribution in [2.45, 2.75) is 263 Å². The Morgan fingerprint density at radius 1 is 0.400 bits per heavy atom. The molecular formula is C74H114Co2O4-2. The summed E-state index contributed by atoms with van der Waals surface area (Å²) in [6.07, 6.45) is 23.1. The SMILES string of the molecule is CC(C)=Cc1cc(C)cc(C2CCCCC2)c1O.CC(C)=Cc1cc(C)cc(C2CCCCC2)c1O.CCC(C)(C)c1cc(C(C)(C)C)cc(C=C(C)C)c1O.CCC(C)(C)c1cc(C(C)(C)C)cc(C=C(C)C)c1O.[CH3-].[CH3-].[Co].[Co]. The van der Waals surface area contributed by atoms with Crippen LogP contribution in [0, 0.1) is 28.7 Å².